The minimum absolute atomic E-state index is 0.0404. The lowest BCUT2D eigenvalue weighted by molar-refractivity contribution is 0.629. The molecule has 0 bridgehead atoms. The third-order valence-electron chi connectivity index (χ3n) is 2.58. The molecule has 0 amide bonds. The second-order valence-corrected chi connectivity index (χ2v) is 4.39. The average molecular weight is 291 g/mol. The highest BCUT2D eigenvalue weighted by molar-refractivity contribution is 6.28. The van der Waals surface area contributed by atoms with E-state index >= 15 is 0 Å². The molecule has 0 spiro atoms. The van der Waals surface area contributed by atoms with E-state index in [0.29, 0.717) is 0 Å². The topological polar surface area (TPSA) is 69.4 Å². The summed E-state index contributed by atoms with van der Waals surface area (Å²) in [6.45, 7) is 1.85. The summed E-state index contributed by atoms with van der Waals surface area (Å²) in [5.74, 6) is -0.0995. The Morgan fingerprint density at radius 2 is 2.05 bits per heavy atom. The Labute approximate surface area is 118 Å². The quantitative estimate of drug-likeness (QED) is 0.724. The van der Waals surface area contributed by atoms with Crippen molar-refractivity contribution in [1.29, 1.82) is 0 Å². The molecule has 2 aromatic heterocycles. The molecule has 20 heavy (non-hydrogen) atoms. The number of hydrogen-bond donors (Lipinski definition) is 0. The number of aromatic nitrogens is 6. The van der Waals surface area contributed by atoms with E-state index in [-0.39, 0.29) is 22.6 Å². The molecule has 0 radical (unpaired) electrons. The first-order valence-corrected chi connectivity index (χ1v) is 6.04. The fraction of sp³-hybridized carbons (Fsp3) is 0.0833. The van der Waals surface area contributed by atoms with E-state index in [2.05, 4.69) is 25.0 Å². The number of aryl methyl sites for hydroxylation is 1. The van der Waals surface area contributed by atoms with Crippen molar-refractivity contribution in [3.63, 3.8) is 0 Å². The van der Waals surface area contributed by atoms with Crippen LogP contribution in [0.1, 0.15) is 5.56 Å². The standard InChI is InChI=1S/C12H8ClFN6/c1-7-2-3-9(14)8(4-7)10-17-11(13)19-12(18-10)20-6-15-5-16-20/h2-6H,1H3. The molecule has 8 heteroatoms. The van der Waals surface area contributed by atoms with Gasteiger partial charge in [0.15, 0.2) is 5.82 Å². The highest BCUT2D eigenvalue weighted by Crippen LogP contribution is 2.22. The Balaban J connectivity index is 2.17. The molecule has 0 atom stereocenters. The molecule has 0 fully saturated rings. The van der Waals surface area contributed by atoms with Crippen molar-refractivity contribution in [2.24, 2.45) is 0 Å². The number of halogens is 2. The zero-order valence-electron chi connectivity index (χ0n) is 10.3. The van der Waals surface area contributed by atoms with Gasteiger partial charge in [0, 0.05) is 0 Å². The van der Waals surface area contributed by atoms with Crippen molar-refractivity contribution in [3.8, 4) is 17.3 Å². The summed E-state index contributed by atoms with van der Waals surface area (Å²) in [4.78, 5) is 15.9. The zero-order chi connectivity index (χ0) is 14.1. The fourth-order valence-electron chi connectivity index (χ4n) is 1.68. The van der Waals surface area contributed by atoms with Gasteiger partial charge < -0.3 is 0 Å². The SMILES string of the molecule is Cc1ccc(F)c(-c2nc(Cl)nc(-n3cncn3)n2)c1. The predicted octanol–water partition coefficient (Wildman–Crippen LogP) is 2.22. The number of rotatable bonds is 2. The summed E-state index contributed by atoms with van der Waals surface area (Å²) in [7, 11) is 0. The molecule has 100 valence electrons. The first kappa shape index (κ1) is 12.6. The summed E-state index contributed by atoms with van der Waals surface area (Å²) in [6, 6.07) is 4.67. The maximum absolute atomic E-state index is 13.9. The van der Waals surface area contributed by atoms with Gasteiger partial charge in [-0.2, -0.15) is 24.7 Å². The molecule has 3 rings (SSSR count). The van der Waals surface area contributed by atoms with Gasteiger partial charge in [-0.25, -0.2) is 9.37 Å². The molecule has 2 heterocycles. The molecule has 0 unspecified atom stereocenters. The van der Waals surface area contributed by atoms with Gasteiger partial charge >= 0.3 is 0 Å². The van der Waals surface area contributed by atoms with Crippen molar-refractivity contribution >= 4 is 11.6 Å². The van der Waals surface area contributed by atoms with Crippen LogP contribution in [0.25, 0.3) is 17.3 Å². The summed E-state index contributed by atoms with van der Waals surface area (Å²) < 4.78 is 15.2. The highest BCUT2D eigenvalue weighted by atomic mass is 35.5. The fourth-order valence-corrected chi connectivity index (χ4v) is 1.84. The van der Waals surface area contributed by atoms with Crippen LogP contribution < -0.4 is 0 Å². The molecule has 0 aliphatic rings. The maximum atomic E-state index is 13.9. The Morgan fingerprint density at radius 3 is 2.80 bits per heavy atom. The lowest BCUT2D eigenvalue weighted by atomic mass is 10.1. The monoisotopic (exact) mass is 290 g/mol. The molecule has 0 aliphatic carbocycles. The van der Waals surface area contributed by atoms with Gasteiger partial charge in [0.1, 0.15) is 18.5 Å². The van der Waals surface area contributed by atoms with Crippen LogP contribution in [0.3, 0.4) is 0 Å². The Kier molecular flexibility index (Phi) is 3.11. The molecular formula is C12H8ClFN6. The molecular weight excluding hydrogens is 283 g/mol. The van der Waals surface area contributed by atoms with Crippen LogP contribution in [-0.2, 0) is 0 Å². The van der Waals surface area contributed by atoms with Gasteiger partial charge in [0.25, 0.3) is 5.95 Å². The van der Waals surface area contributed by atoms with E-state index in [0.717, 1.165) is 5.56 Å². The summed E-state index contributed by atoms with van der Waals surface area (Å²) >= 11 is 5.86. The minimum atomic E-state index is -0.428. The van der Waals surface area contributed by atoms with Gasteiger partial charge in [-0.05, 0) is 30.7 Å². The van der Waals surface area contributed by atoms with Gasteiger partial charge in [-0.3, -0.25) is 0 Å². The third-order valence-corrected chi connectivity index (χ3v) is 2.75. The van der Waals surface area contributed by atoms with Crippen molar-refractivity contribution in [1.82, 2.24) is 29.7 Å². The highest BCUT2D eigenvalue weighted by Gasteiger charge is 2.13. The van der Waals surface area contributed by atoms with E-state index in [4.69, 9.17) is 11.6 Å². The summed E-state index contributed by atoms with van der Waals surface area (Å²) in [5, 5.41) is 3.86. The van der Waals surface area contributed by atoms with Crippen LogP contribution in [0.15, 0.2) is 30.9 Å². The second-order valence-electron chi connectivity index (χ2n) is 4.05. The Bertz CT molecular complexity index is 759. The number of nitrogens with zero attached hydrogens (tertiary/aromatic N) is 6. The smallest absolute Gasteiger partial charge is 0.223 e. The summed E-state index contributed by atoms with van der Waals surface area (Å²) in [5.41, 5.74) is 1.15. The van der Waals surface area contributed by atoms with E-state index < -0.39 is 5.82 Å². The molecule has 0 N–H and O–H groups in total. The number of hydrogen-bond acceptors (Lipinski definition) is 5. The van der Waals surface area contributed by atoms with Gasteiger partial charge in [0.2, 0.25) is 5.28 Å². The largest absolute Gasteiger partial charge is 0.256 e. The lowest BCUT2D eigenvalue weighted by Crippen LogP contribution is -2.05. The summed E-state index contributed by atoms with van der Waals surface area (Å²) in [6.07, 6.45) is 2.76. The number of benzene rings is 1. The molecule has 1 aromatic carbocycles. The normalized spacial score (nSPS) is 10.8. The van der Waals surface area contributed by atoms with Gasteiger partial charge in [0.05, 0.1) is 5.56 Å². The Morgan fingerprint density at radius 1 is 1.20 bits per heavy atom. The molecule has 3 aromatic rings. The van der Waals surface area contributed by atoms with Crippen molar-refractivity contribution in [2.45, 2.75) is 6.92 Å². The maximum Gasteiger partial charge on any atom is 0.256 e. The average Bonchev–Trinajstić information content (AvgIpc) is 2.95. The minimum Gasteiger partial charge on any atom is -0.223 e. The first-order chi connectivity index (χ1) is 9.63. The third kappa shape index (κ3) is 2.35. The van der Waals surface area contributed by atoms with Crippen molar-refractivity contribution < 1.29 is 4.39 Å². The van der Waals surface area contributed by atoms with Crippen LogP contribution >= 0.6 is 11.6 Å². The van der Waals surface area contributed by atoms with E-state index in [1.54, 1.807) is 12.1 Å². The van der Waals surface area contributed by atoms with Gasteiger partial charge in [-0.15, -0.1) is 0 Å². The van der Waals surface area contributed by atoms with E-state index in [1.807, 2.05) is 6.92 Å². The van der Waals surface area contributed by atoms with Crippen LogP contribution in [0, 0.1) is 12.7 Å². The van der Waals surface area contributed by atoms with Crippen LogP contribution in [0.2, 0.25) is 5.28 Å². The van der Waals surface area contributed by atoms with E-state index in [1.165, 1.54) is 23.4 Å². The Hall–Kier alpha value is -2.41. The molecule has 0 aliphatic heterocycles. The lowest BCUT2D eigenvalue weighted by Gasteiger charge is -2.05. The van der Waals surface area contributed by atoms with Crippen LogP contribution in [0.5, 0.6) is 0 Å². The van der Waals surface area contributed by atoms with Crippen molar-refractivity contribution in [2.75, 3.05) is 0 Å². The zero-order valence-corrected chi connectivity index (χ0v) is 11.1. The molecule has 6 nitrogen and oxygen atoms in total. The second kappa shape index (κ2) is 4.93. The molecule has 0 saturated heterocycles. The van der Waals surface area contributed by atoms with Crippen LogP contribution in [0.4, 0.5) is 4.39 Å². The van der Waals surface area contributed by atoms with Crippen LogP contribution in [-0.4, -0.2) is 29.7 Å². The first-order valence-electron chi connectivity index (χ1n) is 5.66. The molecule has 0 saturated carbocycles. The van der Waals surface area contributed by atoms with E-state index in [9.17, 15) is 4.39 Å². The predicted molar refractivity (Wildman–Crippen MR) is 69.9 cm³/mol. The van der Waals surface area contributed by atoms with Gasteiger partial charge in [-0.1, -0.05) is 11.6 Å². The van der Waals surface area contributed by atoms with Crippen molar-refractivity contribution in [3.05, 3.63) is 47.5 Å².